The van der Waals surface area contributed by atoms with Crippen LogP contribution in [0.15, 0.2) is 53.1 Å². The van der Waals surface area contributed by atoms with Crippen molar-refractivity contribution in [1.82, 2.24) is 5.32 Å². The van der Waals surface area contributed by atoms with Crippen molar-refractivity contribution in [2.24, 2.45) is 0 Å². The van der Waals surface area contributed by atoms with E-state index in [9.17, 15) is 10.1 Å². The Balaban J connectivity index is 2.15. The lowest BCUT2D eigenvalue weighted by Crippen LogP contribution is -2.46. The highest BCUT2D eigenvalue weighted by Gasteiger charge is 2.34. The highest BCUT2D eigenvalue weighted by Crippen LogP contribution is 2.38. The molecule has 0 fully saturated rings. The molecule has 0 unspecified atom stereocenters. The summed E-state index contributed by atoms with van der Waals surface area (Å²) < 4.78 is 10.7. The van der Waals surface area contributed by atoms with E-state index in [0.717, 1.165) is 16.8 Å². The molecule has 1 N–H and O–H groups in total. The minimum absolute atomic E-state index is 0.0318. The Morgan fingerprint density at radius 1 is 1.11 bits per heavy atom. The normalized spacial score (nSPS) is 16.6. The largest absolute Gasteiger partial charge is 0.493 e. The molecule has 7 heteroatoms. The smallest absolute Gasteiger partial charge is 0.266 e. The molecule has 27 heavy (non-hydrogen) atoms. The summed E-state index contributed by atoms with van der Waals surface area (Å²) in [6.07, 6.45) is -0.551. The van der Waals surface area contributed by atoms with E-state index in [2.05, 4.69) is 17.9 Å². The summed E-state index contributed by atoms with van der Waals surface area (Å²) in [6, 6.07) is 15.1. The van der Waals surface area contributed by atoms with Gasteiger partial charge >= 0.3 is 0 Å². The van der Waals surface area contributed by atoms with Gasteiger partial charge in [-0.05, 0) is 36.8 Å². The van der Waals surface area contributed by atoms with Crippen molar-refractivity contribution in [2.75, 3.05) is 19.1 Å². The number of thiol groups is 1. The molecule has 0 bridgehead atoms. The fraction of sp³-hybridized carbons (Fsp3) is 0.200. The second-order valence-corrected chi connectivity index (χ2v) is 6.43. The molecule has 0 saturated carbocycles. The Labute approximate surface area is 163 Å². The highest BCUT2D eigenvalue weighted by molar-refractivity contribution is 7.84. The molecular formula is C20H19N3O3S. The predicted molar refractivity (Wildman–Crippen MR) is 106 cm³/mol. The van der Waals surface area contributed by atoms with E-state index in [-0.39, 0.29) is 5.57 Å². The molecule has 0 radical (unpaired) electrons. The molecule has 1 atom stereocenters. The van der Waals surface area contributed by atoms with E-state index in [1.807, 2.05) is 48.2 Å². The zero-order valence-electron chi connectivity index (χ0n) is 15.2. The van der Waals surface area contributed by atoms with Crippen molar-refractivity contribution in [3.63, 3.8) is 0 Å². The van der Waals surface area contributed by atoms with Crippen LogP contribution in [0.3, 0.4) is 0 Å². The standard InChI is InChI=1S/C20H19N3O3S/c1-12-4-7-14(8-5-12)23-18(22-19(24)15(11-21)20(23)27)13-6-9-16(25-2)17(10-13)26-3/h4-10,18,27H,1-3H3,(H,22,24)/t18-/m1/s1. The van der Waals surface area contributed by atoms with Gasteiger partial charge in [-0.25, -0.2) is 0 Å². The van der Waals surface area contributed by atoms with Crippen LogP contribution in [0, 0.1) is 18.3 Å². The number of benzene rings is 2. The molecule has 1 aliphatic rings. The van der Waals surface area contributed by atoms with Crippen LogP contribution in [0.5, 0.6) is 11.5 Å². The molecule has 138 valence electrons. The number of amides is 1. The van der Waals surface area contributed by atoms with Crippen LogP contribution < -0.4 is 19.7 Å². The highest BCUT2D eigenvalue weighted by atomic mass is 32.1. The molecule has 0 saturated heterocycles. The van der Waals surface area contributed by atoms with E-state index in [1.165, 1.54) is 0 Å². The number of hydrogen-bond donors (Lipinski definition) is 2. The minimum atomic E-state index is -0.551. The maximum absolute atomic E-state index is 12.4. The van der Waals surface area contributed by atoms with Crippen molar-refractivity contribution in [2.45, 2.75) is 13.1 Å². The number of anilines is 1. The number of rotatable bonds is 4. The van der Waals surface area contributed by atoms with E-state index < -0.39 is 12.1 Å². The molecule has 2 aromatic carbocycles. The molecule has 2 aromatic rings. The van der Waals surface area contributed by atoms with Crippen LogP contribution in [-0.4, -0.2) is 20.1 Å². The maximum Gasteiger partial charge on any atom is 0.266 e. The van der Waals surface area contributed by atoms with Crippen LogP contribution >= 0.6 is 12.6 Å². The van der Waals surface area contributed by atoms with Gasteiger partial charge in [0, 0.05) is 5.69 Å². The molecule has 1 amide bonds. The number of hydrogen-bond acceptors (Lipinski definition) is 6. The third-order valence-electron chi connectivity index (χ3n) is 4.35. The monoisotopic (exact) mass is 381 g/mol. The van der Waals surface area contributed by atoms with Crippen LogP contribution in [0.2, 0.25) is 0 Å². The summed E-state index contributed by atoms with van der Waals surface area (Å²) in [5.74, 6) is 0.666. The van der Waals surface area contributed by atoms with Gasteiger partial charge in [0.25, 0.3) is 5.91 Å². The topological polar surface area (TPSA) is 74.6 Å². The van der Waals surface area contributed by atoms with E-state index in [1.54, 1.807) is 26.4 Å². The van der Waals surface area contributed by atoms with Crippen molar-refractivity contribution < 1.29 is 14.3 Å². The Bertz CT molecular complexity index is 948. The summed E-state index contributed by atoms with van der Waals surface area (Å²) in [5, 5.41) is 12.5. The van der Waals surface area contributed by atoms with Crippen molar-refractivity contribution >= 4 is 24.2 Å². The second kappa shape index (κ2) is 7.64. The lowest BCUT2D eigenvalue weighted by Gasteiger charge is -2.38. The number of carbonyl (C=O) groups is 1. The SMILES string of the molecule is COc1ccc([C@@H]2NC(=O)C(C#N)=C(S)N2c2ccc(C)cc2)cc1OC. The maximum atomic E-state index is 12.4. The number of nitrogens with one attached hydrogen (secondary N) is 1. The zero-order valence-corrected chi connectivity index (χ0v) is 16.1. The summed E-state index contributed by atoms with van der Waals surface area (Å²) in [5.41, 5.74) is 2.64. The molecule has 0 aliphatic carbocycles. The number of carbonyl (C=O) groups excluding carboxylic acids is 1. The van der Waals surface area contributed by atoms with Gasteiger partial charge < -0.3 is 19.7 Å². The number of methoxy groups -OCH3 is 2. The molecule has 3 rings (SSSR count). The third-order valence-corrected chi connectivity index (χ3v) is 4.79. The Hall–Kier alpha value is -3.11. The molecule has 1 aliphatic heterocycles. The summed E-state index contributed by atoms with van der Waals surface area (Å²) in [7, 11) is 3.11. The van der Waals surface area contributed by atoms with E-state index in [0.29, 0.717) is 16.5 Å². The molecule has 0 aromatic heterocycles. The van der Waals surface area contributed by atoms with Crippen molar-refractivity contribution in [3.8, 4) is 17.6 Å². The van der Waals surface area contributed by atoms with E-state index in [4.69, 9.17) is 9.47 Å². The van der Waals surface area contributed by atoms with Gasteiger partial charge in [-0.2, -0.15) is 5.26 Å². The summed E-state index contributed by atoms with van der Waals surface area (Å²) in [4.78, 5) is 14.2. The Morgan fingerprint density at radius 3 is 2.37 bits per heavy atom. The summed E-state index contributed by atoms with van der Waals surface area (Å²) >= 11 is 4.49. The third kappa shape index (κ3) is 3.44. The number of aryl methyl sites for hydroxylation is 1. The van der Waals surface area contributed by atoms with Gasteiger partial charge in [-0.15, -0.1) is 12.6 Å². The average Bonchev–Trinajstić information content (AvgIpc) is 2.68. The Kier molecular flexibility index (Phi) is 5.28. The number of nitrogens with zero attached hydrogens (tertiary/aromatic N) is 2. The molecule has 1 heterocycles. The van der Waals surface area contributed by atoms with Gasteiger partial charge in [-0.1, -0.05) is 23.8 Å². The lowest BCUT2D eigenvalue weighted by atomic mass is 10.1. The quantitative estimate of drug-likeness (QED) is 0.795. The van der Waals surface area contributed by atoms with E-state index >= 15 is 0 Å². The number of nitriles is 1. The van der Waals surface area contributed by atoms with Gasteiger partial charge in [-0.3, -0.25) is 4.79 Å². The van der Waals surface area contributed by atoms with Gasteiger partial charge in [0.05, 0.1) is 19.2 Å². The first-order valence-electron chi connectivity index (χ1n) is 8.22. The molecule has 6 nitrogen and oxygen atoms in total. The number of ether oxygens (including phenoxy) is 2. The minimum Gasteiger partial charge on any atom is -0.493 e. The Morgan fingerprint density at radius 2 is 1.78 bits per heavy atom. The predicted octanol–water partition coefficient (Wildman–Crippen LogP) is 3.31. The first kappa shape index (κ1) is 18.7. The average molecular weight is 381 g/mol. The van der Waals surface area contributed by atoms with Gasteiger partial charge in [0.15, 0.2) is 11.5 Å². The van der Waals surface area contributed by atoms with Gasteiger partial charge in [0.1, 0.15) is 17.8 Å². The first-order chi connectivity index (χ1) is 13.0. The zero-order chi connectivity index (χ0) is 19.6. The van der Waals surface area contributed by atoms with Crippen LogP contribution in [0.25, 0.3) is 0 Å². The molecular weight excluding hydrogens is 362 g/mol. The van der Waals surface area contributed by atoms with Crippen LogP contribution in [0.4, 0.5) is 5.69 Å². The fourth-order valence-electron chi connectivity index (χ4n) is 2.94. The lowest BCUT2D eigenvalue weighted by molar-refractivity contribution is -0.118. The molecule has 0 spiro atoms. The second-order valence-electron chi connectivity index (χ2n) is 6.01. The van der Waals surface area contributed by atoms with Crippen LogP contribution in [0.1, 0.15) is 17.3 Å². The summed E-state index contributed by atoms with van der Waals surface area (Å²) in [6.45, 7) is 1.99. The van der Waals surface area contributed by atoms with Crippen LogP contribution in [-0.2, 0) is 4.79 Å². The van der Waals surface area contributed by atoms with Crippen molar-refractivity contribution in [3.05, 3.63) is 64.2 Å². The first-order valence-corrected chi connectivity index (χ1v) is 8.67. The van der Waals surface area contributed by atoms with Gasteiger partial charge in [0.2, 0.25) is 0 Å². The van der Waals surface area contributed by atoms with Crippen molar-refractivity contribution in [1.29, 1.82) is 5.26 Å². The fourth-order valence-corrected chi connectivity index (χ4v) is 3.32.